The van der Waals surface area contributed by atoms with Crippen LogP contribution >= 0.6 is 46.1 Å². The molecule has 0 unspecified atom stereocenters. The Kier molecular flexibility index (Phi) is 4.72. The minimum absolute atomic E-state index is 0.197. The summed E-state index contributed by atoms with van der Waals surface area (Å²) in [5.74, 6) is 1.83. The molecule has 1 aliphatic rings. The number of Topliss-reactive ketones (excluding diaryl/α,β-unsaturated/α-hetero) is 1. The van der Waals surface area contributed by atoms with Gasteiger partial charge < -0.3 is 0 Å². The molecule has 0 amide bonds. The van der Waals surface area contributed by atoms with Crippen LogP contribution in [-0.2, 0) is 0 Å². The molecule has 0 saturated heterocycles. The predicted octanol–water partition coefficient (Wildman–Crippen LogP) is 1.39. The van der Waals surface area contributed by atoms with E-state index in [-0.39, 0.29) is 5.78 Å². The van der Waals surface area contributed by atoms with Crippen LogP contribution in [0, 0.1) is 3.57 Å². The zero-order chi connectivity index (χ0) is 11.4. The fraction of sp³-hybridized carbons (Fsp3) is 0.273. The van der Waals surface area contributed by atoms with E-state index in [1.807, 2.05) is 24.3 Å². The molecule has 0 atom stereocenters. The third-order valence-corrected chi connectivity index (χ3v) is 5.16. The van der Waals surface area contributed by atoms with Crippen molar-refractivity contribution in [3.05, 3.63) is 33.4 Å². The van der Waals surface area contributed by atoms with Gasteiger partial charge in [0, 0.05) is 9.13 Å². The van der Waals surface area contributed by atoms with Crippen molar-refractivity contribution in [3.63, 3.8) is 0 Å². The number of halogens is 1. The molecule has 2 nitrogen and oxygen atoms in total. The van der Waals surface area contributed by atoms with Crippen LogP contribution in [0.2, 0.25) is 0 Å². The van der Waals surface area contributed by atoms with E-state index in [0.717, 1.165) is 21.4 Å². The molecule has 16 heavy (non-hydrogen) atoms. The van der Waals surface area contributed by atoms with Crippen LogP contribution in [-0.4, -0.2) is 28.2 Å². The monoisotopic (exact) mass is 364 g/mol. The first-order valence-corrected chi connectivity index (χ1v) is 7.96. The summed E-state index contributed by atoms with van der Waals surface area (Å²) in [6, 6.07) is 7.72. The summed E-state index contributed by atoms with van der Waals surface area (Å²) >= 11 is 5.64. The smallest absolute Gasteiger partial charge is 0.269 e. The van der Waals surface area contributed by atoms with Crippen LogP contribution in [0.3, 0.4) is 0 Å². The topological polar surface area (TPSA) is 31.0 Å². The maximum absolute atomic E-state index is 11.8. The quantitative estimate of drug-likeness (QED) is 0.650. The number of carbonyl (C=O) groups excluding carboxylic acids is 1. The molecule has 84 valence electrons. The van der Waals surface area contributed by atoms with Crippen molar-refractivity contribution in [3.8, 4) is 0 Å². The average Bonchev–Trinajstić information content (AvgIpc) is 2.80. The Labute approximate surface area is 117 Å². The summed E-state index contributed by atoms with van der Waals surface area (Å²) in [5.41, 5.74) is 0.802. The highest BCUT2D eigenvalue weighted by molar-refractivity contribution is 14.1. The summed E-state index contributed by atoms with van der Waals surface area (Å²) in [5, 5.41) is 0. The number of nitrogens with one attached hydrogen (secondary N) is 1. The van der Waals surface area contributed by atoms with Crippen molar-refractivity contribution in [2.45, 2.75) is 0 Å². The lowest BCUT2D eigenvalue weighted by molar-refractivity contribution is -0.441. The second-order valence-electron chi connectivity index (χ2n) is 3.28. The fourth-order valence-electron chi connectivity index (χ4n) is 1.29. The molecule has 5 heteroatoms. The molecule has 0 fully saturated rings. The first-order valence-electron chi connectivity index (χ1n) is 4.91. The minimum Gasteiger partial charge on any atom is -0.293 e. The Bertz CT molecular complexity index is 416. The molecule has 0 spiro atoms. The van der Waals surface area contributed by atoms with Gasteiger partial charge in [-0.15, -0.1) is 0 Å². The Morgan fingerprint density at radius 3 is 2.81 bits per heavy atom. The van der Waals surface area contributed by atoms with Crippen LogP contribution < -0.4 is 4.99 Å². The molecule has 1 aromatic carbocycles. The van der Waals surface area contributed by atoms with Gasteiger partial charge in [0.1, 0.15) is 0 Å². The van der Waals surface area contributed by atoms with Gasteiger partial charge in [0.25, 0.3) is 4.38 Å². The van der Waals surface area contributed by atoms with Crippen LogP contribution in [0.25, 0.3) is 0 Å². The molecule has 0 aliphatic carbocycles. The second kappa shape index (κ2) is 6.07. The molecular formula is C11H11INOS2+. The van der Waals surface area contributed by atoms with Gasteiger partial charge >= 0.3 is 0 Å². The Morgan fingerprint density at radius 2 is 2.19 bits per heavy atom. The molecule has 1 N–H and O–H groups in total. The SMILES string of the molecule is O=C(CSC1=[NH+]CCS1)c1ccc(I)cc1. The first kappa shape index (κ1) is 12.4. The Morgan fingerprint density at radius 1 is 1.44 bits per heavy atom. The van der Waals surface area contributed by atoms with E-state index in [1.54, 1.807) is 23.5 Å². The summed E-state index contributed by atoms with van der Waals surface area (Å²) in [7, 11) is 0. The summed E-state index contributed by atoms with van der Waals surface area (Å²) in [4.78, 5) is 15.1. The second-order valence-corrected chi connectivity index (χ2v) is 6.88. The zero-order valence-electron chi connectivity index (χ0n) is 8.53. The van der Waals surface area contributed by atoms with E-state index < -0.39 is 0 Å². The van der Waals surface area contributed by atoms with Gasteiger partial charge in [0.2, 0.25) is 0 Å². The van der Waals surface area contributed by atoms with E-state index in [0.29, 0.717) is 5.75 Å². The highest BCUT2D eigenvalue weighted by Gasteiger charge is 2.16. The third-order valence-electron chi connectivity index (χ3n) is 2.11. The van der Waals surface area contributed by atoms with Crippen molar-refractivity contribution >= 4 is 56.3 Å². The molecule has 1 aliphatic heterocycles. The normalized spacial score (nSPS) is 14.9. The van der Waals surface area contributed by atoms with Gasteiger partial charge in [-0.25, -0.2) is 4.99 Å². The van der Waals surface area contributed by atoms with Crippen molar-refractivity contribution < 1.29 is 9.79 Å². The average molecular weight is 364 g/mol. The van der Waals surface area contributed by atoms with Crippen LogP contribution in [0.4, 0.5) is 0 Å². The van der Waals surface area contributed by atoms with Crippen LogP contribution in [0.15, 0.2) is 24.3 Å². The van der Waals surface area contributed by atoms with E-state index in [2.05, 4.69) is 27.6 Å². The van der Waals surface area contributed by atoms with Gasteiger partial charge in [-0.2, -0.15) is 0 Å². The van der Waals surface area contributed by atoms with Crippen LogP contribution in [0.5, 0.6) is 0 Å². The summed E-state index contributed by atoms with van der Waals surface area (Å²) < 4.78 is 2.34. The number of hydrogen-bond donors (Lipinski definition) is 1. The Balaban J connectivity index is 1.90. The van der Waals surface area contributed by atoms with E-state index in [9.17, 15) is 4.79 Å². The molecule has 2 rings (SSSR count). The lowest BCUT2D eigenvalue weighted by Gasteiger charge is -1.98. The molecule has 0 radical (unpaired) electrons. The number of carbonyl (C=O) groups is 1. The number of benzene rings is 1. The molecular weight excluding hydrogens is 353 g/mol. The van der Waals surface area contributed by atoms with Crippen molar-refractivity contribution in [1.29, 1.82) is 0 Å². The summed E-state index contributed by atoms with van der Waals surface area (Å²) in [6.45, 7) is 1.02. The zero-order valence-corrected chi connectivity index (χ0v) is 12.3. The maximum Gasteiger partial charge on any atom is 0.269 e. The van der Waals surface area contributed by atoms with Gasteiger partial charge in [-0.3, -0.25) is 4.79 Å². The number of thioether (sulfide) groups is 2. The van der Waals surface area contributed by atoms with Gasteiger partial charge in [0.15, 0.2) is 12.3 Å². The van der Waals surface area contributed by atoms with E-state index in [4.69, 9.17) is 0 Å². The van der Waals surface area contributed by atoms with E-state index >= 15 is 0 Å². The first-order chi connectivity index (χ1) is 7.75. The lowest BCUT2D eigenvalue weighted by Crippen LogP contribution is -2.68. The number of hydrogen-bond acceptors (Lipinski definition) is 3. The maximum atomic E-state index is 11.8. The van der Waals surface area contributed by atoms with Gasteiger partial charge in [-0.05, 0) is 58.2 Å². The molecule has 1 heterocycles. The Hall–Kier alpha value is -0.0100. The standard InChI is InChI=1S/C11H10INOS2/c12-9-3-1-8(2-4-9)10(14)7-16-11-13-5-6-15-11/h1-4H,5-7H2/p+1. The highest BCUT2D eigenvalue weighted by atomic mass is 127. The molecule has 0 aromatic heterocycles. The summed E-state index contributed by atoms with van der Waals surface area (Å²) in [6.07, 6.45) is 0. The lowest BCUT2D eigenvalue weighted by atomic mass is 10.2. The van der Waals surface area contributed by atoms with Gasteiger partial charge in [0.05, 0.1) is 11.5 Å². The molecule has 0 saturated carbocycles. The van der Waals surface area contributed by atoms with Crippen molar-refractivity contribution in [2.24, 2.45) is 0 Å². The van der Waals surface area contributed by atoms with Gasteiger partial charge in [-0.1, -0.05) is 12.1 Å². The fourth-order valence-corrected chi connectivity index (χ4v) is 3.64. The minimum atomic E-state index is 0.197. The number of rotatable bonds is 3. The largest absolute Gasteiger partial charge is 0.293 e. The van der Waals surface area contributed by atoms with Crippen molar-refractivity contribution in [1.82, 2.24) is 0 Å². The molecule has 1 aromatic rings. The number of ketones is 1. The van der Waals surface area contributed by atoms with Crippen molar-refractivity contribution in [2.75, 3.05) is 18.1 Å². The van der Waals surface area contributed by atoms with Crippen LogP contribution in [0.1, 0.15) is 10.4 Å². The third kappa shape index (κ3) is 3.49. The highest BCUT2D eigenvalue weighted by Crippen LogP contribution is 2.16. The molecule has 0 bridgehead atoms. The predicted molar refractivity (Wildman–Crippen MR) is 79.2 cm³/mol. The van der Waals surface area contributed by atoms with E-state index in [1.165, 1.54) is 4.38 Å².